The van der Waals surface area contributed by atoms with Crippen molar-refractivity contribution in [2.24, 2.45) is 5.92 Å². The van der Waals surface area contributed by atoms with Gasteiger partial charge < -0.3 is 10.0 Å². The number of hydrogen-bond acceptors (Lipinski definition) is 6. The highest BCUT2D eigenvalue weighted by Gasteiger charge is 2.37. The molecule has 0 saturated carbocycles. The van der Waals surface area contributed by atoms with E-state index in [9.17, 15) is 23.1 Å². The number of hydrogen-bond donors (Lipinski definition) is 1. The Morgan fingerprint density at radius 3 is 2.71 bits per heavy atom. The van der Waals surface area contributed by atoms with Gasteiger partial charge in [-0.15, -0.1) is 0 Å². The van der Waals surface area contributed by atoms with E-state index in [0.29, 0.717) is 10.9 Å². The zero-order valence-electron chi connectivity index (χ0n) is 15.9. The molecule has 1 fully saturated rings. The van der Waals surface area contributed by atoms with Gasteiger partial charge in [0.05, 0.1) is 29.1 Å². The smallest absolute Gasteiger partial charge is 0.261 e. The summed E-state index contributed by atoms with van der Waals surface area (Å²) in [4.78, 5) is 30.7. The third-order valence-electron chi connectivity index (χ3n) is 5.04. The van der Waals surface area contributed by atoms with Crippen LogP contribution in [0.4, 0.5) is 0 Å². The van der Waals surface area contributed by atoms with Gasteiger partial charge in [-0.25, -0.2) is 17.7 Å². The number of sulfonamides is 1. The molecule has 2 heterocycles. The minimum atomic E-state index is -3.46. The average Bonchev–Trinajstić information content (AvgIpc) is 3.01. The van der Waals surface area contributed by atoms with Crippen LogP contribution in [0.25, 0.3) is 10.9 Å². The number of likely N-dealkylation sites (tertiary alicyclic amines) is 1. The van der Waals surface area contributed by atoms with Gasteiger partial charge in [-0.05, 0) is 12.1 Å². The van der Waals surface area contributed by atoms with E-state index in [-0.39, 0.29) is 43.3 Å². The standard InChI is InChI=1S/C18H24N4O5S/c1-20(2)28(26,27)11-13-9-22(10-16(13)23)17(24)7-8-21-12-19-15-6-4-3-5-14(15)18(21)25/h3-6,12-13,16,23H,7-11H2,1-2H3/t13-,16-/m0/s1. The summed E-state index contributed by atoms with van der Waals surface area (Å²) in [6, 6.07) is 7.00. The second kappa shape index (κ2) is 7.98. The lowest BCUT2D eigenvalue weighted by Gasteiger charge is -2.18. The van der Waals surface area contributed by atoms with Crippen LogP contribution in [-0.4, -0.2) is 77.2 Å². The van der Waals surface area contributed by atoms with Gasteiger partial charge in [-0.2, -0.15) is 0 Å². The van der Waals surface area contributed by atoms with Crippen LogP contribution in [-0.2, 0) is 21.4 Å². The third-order valence-corrected chi connectivity index (χ3v) is 7.00. The van der Waals surface area contributed by atoms with Crippen molar-refractivity contribution in [3.05, 3.63) is 40.9 Å². The Balaban J connectivity index is 1.63. The topological polar surface area (TPSA) is 113 Å². The Kier molecular flexibility index (Phi) is 5.82. The number of aryl methyl sites for hydroxylation is 1. The van der Waals surface area contributed by atoms with Gasteiger partial charge in [-0.1, -0.05) is 12.1 Å². The molecule has 0 unspecified atom stereocenters. The quantitative estimate of drug-likeness (QED) is 0.689. The summed E-state index contributed by atoms with van der Waals surface area (Å²) >= 11 is 0. The van der Waals surface area contributed by atoms with E-state index in [0.717, 1.165) is 4.31 Å². The number of β-amino-alcohol motifs (C(OH)–C–C–N with tert-alkyl or cyclic N) is 1. The van der Waals surface area contributed by atoms with Crippen LogP contribution in [0.15, 0.2) is 35.4 Å². The maximum absolute atomic E-state index is 12.5. The lowest BCUT2D eigenvalue weighted by atomic mass is 10.1. The molecule has 3 rings (SSSR count). The van der Waals surface area contributed by atoms with E-state index < -0.39 is 22.0 Å². The molecule has 1 amide bonds. The number of aliphatic hydroxyl groups excluding tert-OH is 1. The lowest BCUT2D eigenvalue weighted by Crippen LogP contribution is -2.34. The first kappa shape index (κ1) is 20.4. The van der Waals surface area contributed by atoms with Crippen molar-refractivity contribution < 1.29 is 18.3 Å². The number of rotatable bonds is 6. The van der Waals surface area contributed by atoms with Crippen LogP contribution in [0.3, 0.4) is 0 Å². The van der Waals surface area contributed by atoms with Crippen LogP contribution in [0.5, 0.6) is 0 Å². The summed E-state index contributed by atoms with van der Waals surface area (Å²) in [6.45, 7) is 0.442. The molecule has 0 radical (unpaired) electrons. The number of para-hydroxylation sites is 1. The molecule has 1 aliphatic heterocycles. The highest BCUT2D eigenvalue weighted by molar-refractivity contribution is 7.89. The van der Waals surface area contributed by atoms with E-state index in [1.165, 1.54) is 29.9 Å². The predicted molar refractivity (Wildman–Crippen MR) is 104 cm³/mol. The summed E-state index contributed by atoms with van der Waals surface area (Å²) < 4.78 is 26.6. The molecular weight excluding hydrogens is 384 g/mol. The summed E-state index contributed by atoms with van der Waals surface area (Å²) in [5.74, 6) is -0.968. The molecule has 0 aliphatic carbocycles. The second-order valence-electron chi connectivity index (χ2n) is 7.20. The Hall–Kier alpha value is -2.30. The minimum absolute atomic E-state index is 0.0692. The molecule has 1 N–H and O–H groups in total. The Morgan fingerprint density at radius 2 is 2.00 bits per heavy atom. The van der Waals surface area contributed by atoms with Crippen molar-refractivity contribution in [1.82, 2.24) is 18.8 Å². The van der Waals surface area contributed by atoms with Crippen molar-refractivity contribution in [1.29, 1.82) is 0 Å². The molecular formula is C18H24N4O5S. The van der Waals surface area contributed by atoms with E-state index in [1.807, 2.05) is 0 Å². The van der Waals surface area contributed by atoms with Crippen molar-refractivity contribution in [2.75, 3.05) is 32.9 Å². The average molecular weight is 408 g/mol. The molecule has 10 heteroatoms. The molecule has 0 spiro atoms. The molecule has 2 atom stereocenters. The zero-order chi connectivity index (χ0) is 20.5. The molecule has 1 aliphatic rings. The first-order valence-corrected chi connectivity index (χ1v) is 10.6. The molecule has 0 bridgehead atoms. The van der Waals surface area contributed by atoms with E-state index >= 15 is 0 Å². The van der Waals surface area contributed by atoms with Crippen LogP contribution >= 0.6 is 0 Å². The second-order valence-corrected chi connectivity index (χ2v) is 9.42. The van der Waals surface area contributed by atoms with Gasteiger partial charge in [0, 0.05) is 46.1 Å². The molecule has 2 aromatic rings. The van der Waals surface area contributed by atoms with Crippen molar-refractivity contribution in [3.63, 3.8) is 0 Å². The van der Waals surface area contributed by atoms with Crippen LogP contribution in [0, 0.1) is 5.92 Å². The number of amides is 1. The van der Waals surface area contributed by atoms with Gasteiger partial charge >= 0.3 is 0 Å². The number of nitrogens with zero attached hydrogens (tertiary/aromatic N) is 4. The van der Waals surface area contributed by atoms with Crippen molar-refractivity contribution in [2.45, 2.75) is 19.1 Å². The highest BCUT2D eigenvalue weighted by Crippen LogP contribution is 2.20. The fourth-order valence-corrected chi connectivity index (χ4v) is 4.45. The first-order chi connectivity index (χ1) is 13.2. The molecule has 9 nitrogen and oxygen atoms in total. The number of benzene rings is 1. The first-order valence-electron chi connectivity index (χ1n) is 8.99. The van der Waals surface area contributed by atoms with E-state index in [1.54, 1.807) is 24.3 Å². The number of fused-ring (bicyclic) bond motifs is 1. The van der Waals surface area contributed by atoms with Crippen molar-refractivity contribution >= 4 is 26.8 Å². The fourth-order valence-electron chi connectivity index (χ4n) is 3.28. The van der Waals surface area contributed by atoms with Crippen LogP contribution in [0.1, 0.15) is 6.42 Å². The van der Waals surface area contributed by atoms with Gasteiger partial charge in [-0.3, -0.25) is 14.2 Å². The molecule has 152 valence electrons. The monoisotopic (exact) mass is 408 g/mol. The fraction of sp³-hybridized carbons (Fsp3) is 0.500. The van der Waals surface area contributed by atoms with Crippen LogP contribution in [0.2, 0.25) is 0 Å². The third kappa shape index (κ3) is 4.23. The molecule has 1 aromatic heterocycles. The van der Waals surface area contributed by atoms with Gasteiger partial charge in [0.2, 0.25) is 15.9 Å². The van der Waals surface area contributed by atoms with Gasteiger partial charge in [0.25, 0.3) is 5.56 Å². The summed E-state index contributed by atoms with van der Waals surface area (Å²) in [5.41, 5.74) is 0.387. The van der Waals surface area contributed by atoms with E-state index in [4.69, 9.17) is 0 Å². The summed E-state index contributed by atoms with van der Waals surface area (Å²) in [5, 5.41) is 10.6. The molecule has 1 saturated heterocycles. The van der Waals surface area contributed by atoms with Gasteiger partial charge in [0.15, 0.2) is 0 Å². The number of carbonyl (C=O) groups excluding carboxylic acids is 1. The normalized spacial score (nSPS) is 20.2. The van der Waals surface area contributed by atoms with Gasteiger partial charge in [0.1, 0.15) is 0 Å². The SMILES string of the molecule is CN(C)S(=O)(=O)C[C@@H]1CN(C(=O)CCn2cnc3ccccc3c2=O)C[C@@H]1O. The molecule has 1 aromatic carbocycles. The summed E-state index contributed by atoms with van der Waals surface area (Å²) in [6.07, 6.45) is 0.604. The maximum Gasteiger partial charge on any atom is 0.261 e. The number of aromatic nitrogens is 2. The largest absolute Gasteiger partial charge is 0.391 e. The number of aliphatic hydroxyl groups is 1. The van der Waals surface area contributed by atoms with Crippen molar-refractivity contribution in [3.8, 4) is 0 Å². The molecule has 28 heavy (non-hydrogen) atoms. The van der Waals surface area contributed by atoms with E-state index in [2.05, 4.69) is 4.98 Å². The Labute approximate surface area is 163 Å². The minimum Gasteiger partial charge on any atom is -0.391 e. The summed E-state index contributed by atoms with van der Waals surface area (Å²) in [7, 11) is -0.585. The highest BCUT2D eigenvalue weighted by atomic mass is 32.2. The Bertz CT molecular complexity index is 1030. The Morgan fingerprint density at radius 1 is 1.29 bits per heavy atom. The maximum atomic E-state index is 12.5. The number of carbonyl (C=O) groups is 1. The zero-order valence-corrected chi connectivity index (χ0v) is 16.7. The van der Waals surface area contributed by atoms with Crippen LogP contribution < -0.4 is 5.56 Å². The lowest BCUT2D eigenvalue weighted by molar-refractivity contribution is -0.130. The predicted octanol–water partition coefficient (Wildman–Crippen LogP) is -0.503.